The van der Waals surface area contributed by atoms with Gasteiger partial charge in [-0.2, -0.15) is 0 Å². The lowest BCUT2D eigenvalue weighted by Gasteiger charge is -2.15. The van der Waals surface area contributed by atoms with Crippen LogP contribution in [0.1, 0.15) is 43.7 Å². The zero-order chi connectivity index (χ0) is 12.1. The Morgan fingerprint density at radius 1 is 1.56 bits per heavy atom. The lowest BCUT2D eigenvalue weighted by Crippen LogP contribution is -2.33. The number of hydrogen-bond donors (Lipinski definition) is 1. The van der Waals surface area contributed by atoms with Crippen molar-refractivity contribution >= 4 is 5.91 Å². The molecule has 0 aromatic carbocycles. The van der Waals surface area contributed by atoms with Crippen LogP contribution in [0.15, 0.2) is 18.3 Å². The molecule has 86 valence electrons. The lowest BCUT2D eigenvalue weighted by atomic mass is 10.2. The molecular weight excluding hydrogens is 200 g/mol. The van der Waals surface area contributed by atoms with Crippen LogP contribution in [0.25, 0.3) is 0 Å². The summed E-state index contributed by atoms with van der Waals surface area (Å²) < 4.78 is 1.94. The van der Waals surface area contributed by atoms with Crippen LogP contribution in [0.2, 0.25) is 0 Å². The van der Waals surface area contributed by atoms with Gasteiger partial charge in [0.2, 0.25) is 0 Å². The van der Waals surface area contributed by atoms with E-state index in [0.29, 0.717) is 12.1 Å². The summed E-state index contributed by atoms with van der Waals surface area (Å²) in [6.07, 6.45) is 7.65. The van der Waals surface area contributed by atoms with E-state index in [4.69, 9.17) is 6.42 Å². The number of terminal acetylenes is 1. The van der Waals surface area contributed by atoms with Gasteiger partial charge in [-0.15, -0.1) is 12.3 Å². The van der Waals surface area contributed by atoms with Gasteiger partial charge in [-0.25, -0.2) is 0 Å². The summed E-state index contributed by atoms with van der Waals surface area (Å²) in [7, 11) is 0. The second kappa shape index (κ2) is 5.41. The highest BCUT2D eigenvalue weighted by Gasteiger charge is 2.14. The van der Waals surface area contributed by atoms with Crippen LogP contribution in [0, 0.1) is 12.3 Å². The molecule has 1 unspecified atom stereocenters. The van der Waals surface area contributed by atoms with Crippen LogP contribution < -0.4 is 5.32 Å². The Bertz CT molecular complexity index is 398. The predicted molar refractivity (Wildman–Crippen MR) is 65.2 cm³/mol. The van der Waals surface area contributed by atoms with Crippen molar-refractivity contribution in [1.29, 1.82) is 0 Å². The van der Waals surface area contributed by atoms with Crippen molar-refractivity contribution in [1.82, 2.24) is 9.88 Å². The van der Waals surface area contributed by atoms with Gasteiger partial charge in [0, 0.05) is 24.7 Å². The Labute approximate surface area is 96.8 Å². The molecule has 0 radical (unpaired) electrons. The minimum atomic E-state index is -0.0681. The highest BCUT2D eigenvalue weighted by atomic mass is 16.2. The van der Waals surface area contributed by atoms with Crippen molar-refractivity contribution in [3.63, 3.8) is 0 Å². The number of carbonyl (C=O) groups is 1. The molecular formula is C13H18N2O. The van der Waals surface area contributed by atoms with Crippen LogP contribution in [0.5, 0.6) is 0 Å². The third kappa shape index (κ3) is 2.90. The molecule has 1 amide bonds. The largest absolute Gasteiger partial charge is 0.347 e. The Morgan fingerprint density at radius 3 is 2.81 bits per heavy atom. The maximum Gasteiger partial charge on any atom is 0.268 e. The fourth-order valence-electron chi connectivity index (χ4n) is 1.56. The molecule has 1 aromatic heterocycles. The predicted octanol–water partition coefficient (Wildman–Crippen LogP) is 2.21. The molecule has 0 aliphatic carbocycles. The van der Waals surface area contributed by atoms with Crippen molar-refractivity contribution in [3.8, 4) is 12.3 Å². The first-order chi connectivity index (χ1) is 7.56. The molecule has 0 aliphatic rings. The fourth-order valence-corrected chi connectivity index (χ4v) is 1.56. The Kier molecular flexibility index (Phi) is 4.19. The van der Waals surface area contributed by atoms with E-state index in [1.807, 2.05) is 43.7 Å². The smallest absolute Gasteiger partial charge is 0.268 e. The van der Waals surface area contributed by atoms with E-state index in [-0.39, 0.29) is 18.0 Å². The molecule has 1 heterocycles. The average Bonchev–Trinajstić information content (AvgIpc) is 2.65. The van der Waals surface area contributed by atoms with Gasteiger partial charge in [-0.3, -0.25) is 4.79 Å². The first kappa shape index (κ1) is 12.4. The Morgan fingerprint density at radius 2 is 2.25 bits per heavy atom. The van der Waals surface area contributed by atoms with E-state index < -0.39 is 0 Å². The quantitative estimate of drug-likeness (QED) is 0.772. The molecule has 0 fully saturated rings. The standard InChI is InChI=1S/C13H18N2O/c1-5-7-11(4)14-13(16)12-8-6-9-15(12)10(2)3/h1,6,8-11H,7H2,2-4H3,(H,14,16). The van der Waals surface area contributed by atoms with Crippen LogP contribution in [0.4, 0.5) is 0 Å². The molecule has 1 atom stereocenters. The van der Waals surface area contributed by atoms with E-state index in [1.54, 1.807) is 0 Å². The molecule has 1 N–H and O–H groups in total. The highest BCUT2D eigenvalue weighted by molar-refractivity contribution is 5.93. The van der Waals surface area contributed by atoms with Crippen molar-refractivity contribution in [3.05, 3.63) is 24.0 Å². The van der Waals surface area contributed by atoms with Crippen molar-refractivity contribution < 1.29 is 4.79 Å². The zero-order valence-corrected chi connectivity index (χ0v) is 10.0. The second-order valence-corrected chi connectivity index (χ2v) is 4.18. The molecule has 0 bridgehead atoms. The van der Waals surface area contributed by atoms with E-state index >= 15 is 0 Å². The third-order valence-electron chi connectivity index (χ3n) is 2.37. The molecule has 0 spiro atoms. The first-order valence-electron chi connectivity index (χ1n) is 5.47. The number of aromatic nitrogens is 1. The number of amides is 1. The molecule has 3 heteroatoms. The monoisotopic (exact) mass is 218 g/mol. The van der Waals surface area contributed by atoms with Gasteiger partial charge in [0.1, 0.15) is 5.69 Å². The van der Waals surface area contributed by atoms with Crippen LogP contribution in [-0.2, 0) is 0 Å². The minimum absolute atomic E-state index is 0.00742. The van der Waals surface area contributed by atoms with E-state index in [0.717, 1.165) is 0 Å². The molecule has 1 rings (SSSR count). The molecule has 16 heavy (non-hydrogen) atoms. The summed E-state index contributed by atoms with van der Waals surface area (Å²) >= 11 is 0. The van der Waals surface area contributed by atoms with Crippen LogP contribution in [-0.4, -0.2) is 16.5 Å². The van der Waals surface area contributed by atoms with E-state index in [2.05, 4.69) is 11.2 Å². The molecule has 0 saturated carbocycles. The summed E-state index contributed by atoms with van der Waals surface area (Å²) in [6, 6.07) is 3.98. The van der Waals surface area contributed by atoms with Gasteiger partial charge < -0.3 is 9.88 Å². The normalized spacial score (nSPS) is 12.2. The van der Waals surface area contributed by atoms with Crippen molar-refractivity contribution in [2.24, 2.45) is 0 Å². The topological polar surface area (TPSA) is 34.0 Å². The van der Waals surface area contributed by atoms with Crippen LogP contribution in [0.3, 0.4) is 0 Å². The molecule has 0 saturated heterocycles. The highest BCUT2D eigenvalue weighted by Crippen LogP contribution is 2.10. The summed E-state index contributed by atoms with van der Waals surface area (Å²) in [5.41, 5.74) is 0.680. The van der Waals surface area contributed by atoms with Gasteiger partial charge in [-0.05, 0) is 32.9 Å². The van der Waals surface area contributed by atoms with E-state index in [9.17, 15) is 4.79 Å². The maximum absolute atomic E-state index is 11.9. The summed E-state index contributed by atoms with van der Waals surface area (Å²) in [5.74, 6) is 2.47. The van der Waals surface area contributed by atoms with Gasteiger partial charge in [0.05, 0.1) is 0 Å². The summed E-state index contributed by atoms with van der Waals surface area (Å²) in [5, 5.41) is 2.88. The van der Waals surface area contributed by atoms with Gasteiger partial charge in [0.15, 0.2) is 0 Å². The minimum Gasteiger partial charge on any atom is -0.347 e. The van der Waals surface area contributed by atoms with Gasteiger partial charge >= 0.3 is 0 Å². The molecule has 0 aliphatic heterocycles. The lowest BCUT2D eigenvalue weighted by molar-refractivity contribution is 0.0930. The van der Waals surface area contributed by atoms with E-state index in [1.165, 1.54) is 0 Å². The van der Waals surface area contributed by atoms with Crippen molar-refractivity contribution in [2.75, 3.05) is 0 Å². The Balaban J connectivity index is 2.74. The maximum atomic E-state index is 11.9. The number of hydrogen-bond acceptors (Lipinski definition) is 1. The fraction of sp³-hybridized carbons (Fsp3) is 0.462. The van der Waals surface area contributed by atoms with Gasteiger partial charge in [-0.1, -0.05) is 0 Å². The van der Waals surface area contributed by atoms with Gasteiger partial charge in [0.25, 0.3) is 5.91 Å². The third-order valence-corrected chi connectivity index (χ3v) is 2.37. The number of nitrogens with one attached hydrogen (secondary N) is 1. The Hall–Kier alpha value is -1.69. The SMILES string of the molecule is C#CCC(C)NC(=O)c1cccn1C(C)C. The number of rotatable bonds is 4. The molecule has 3 nitrogen and oxygen atoms in total. The zero-order valence-electron chi connectivity index (χ0n) is 10.0. The second-order valence-electron chi connectivity index (χ2n) is 4.18. The summed E-state index contributed by atoms with van der Waals surface area (Å²) in [4.78, 5) is 11.9. The average molecular weight is 218 g/mol. The van der Waals surface area contributed by atoms with Crippen molar-refractivity contribution in [2.45, 2.75) is 39.3 Å². The molecule has 1 aromatic rings. The summed E-state index contributed by atoms with van der Waals surface area (Å²) in [6.45, 7) is 5.99. The first-order valence-corrected chi connectivity index (χ1v) is 5.47. The number of carbonyl (C=O) groups excluding carboxylic acids is 1. The number of nitrogens with zero attached hydrogens (tertiary/aromatic N) is 1. The van der Waals surface area contributed by atoms with Crippen LogP contribution >= 0.6 is 0 Å².